The van der Waals surface area contributed by atoms with Gasteiger partial charge in [0.25, 0.3) is 11.8 Å². The Balaban J connectivity index is 1.62. The predicted molar refractivity (Wildman–Crippen MR) is 140 cm³/mol. The Morgan fingerprint density at radius 2 is 1.55 bits per heavy atom. The van der Waals surface area contributed by atoms with Crippen molar-refractivity contribution in [1.29, 1.82) is 0 Å². The molecule has 2 amide bonds. The van der Waals surface area contributed by atoms with Crippen molar-refractivity contribution in [2.24, 2.45) is 5.73 Å². The smallest absolute Gasteiger partial charge is 0.255 e. The molecule has 0 bridgehead atoms. The second-order valence-corrected chi connectivity index (χ2v) is 9.34. The van der Waals surface area contributed by atoms with Crippen LogP contribution in [0.4, 0.5) is 14.5 Å². The van der Waals surface area contributed by atoms with E-state index < -0.39 is 17.5 Å². The second kappa shape index (κ2) is 12.0. The summed E-state index contributed by atoms with van der Waals surface area (Å²) < 4.78 is 38.4. The molecule has 0 saturated heterocycles. The zero-order valence-corrected chi connectivity index (χ0v) is 21.4. The lowest BCUT2D eigenvalue weighted by Gasteiger charge is -2.36. The molecule has 3 N–H and O–H groups in total. The quantitative estimate of drug-likeness (QED) is 0.426. The average Bonchev–Trinajstić information content (AvgIpc) is 2.91. The third-order valence-corrected chi connectivity index (χ3v) is 6.80. The number of carbonyl (C=O) groups excluding carboxylic acids is 2. The zero-order chi connectivity index (χ0) is 27.2. The molecule has 7 nitrogen and oxygen atoms in total. The lowest BCUT2D eigenvalue weighted by Crippen LogP contribution is -2.44. The van der Waals surface area contributed by atoms with Crippen molar-refractivity contribution in [2.75, 3.05) is 19.5 Å². The summed E-state index contributed by atoms with van der Waals surface area (Å²) in [5.41, 5.74) is 7.58. The number of nitrogens with zero attached hydrogens (tertiary/aromatic N) is 1. The first-order valence-electron chi connectivity index (χ1n) is 12.4. The van der Waals surface area contributed by atoms with Gasteiger partial charge in [0.1, 0.15) is 11.6 Å². The molecule has 1 aliphatic carbocycles. The second-order valence-electron chi connectivity index (χ2n) is 9.34. The standard InChI is InChI=1S/C29H31F2N3O4/c1-37-26-12-7-18(15-27(26)38-2)28(35)33-25-6-4-3-5-19(25)17-34(24-10-8-23(32)9-11-24)29(36)20-13-21(30)16-22(31)14-20/h3-7,12-16,23-24H,8-11,17,32H2,1-2H3,(H,33,35). The summed E-state index contributed by atoms with van der Waals surface area (Å²) in [5, 5.41) is 2.91. The van der Waals surface area contributed by atoms with Crippen LogP contribution < -0.4 is 20.5 Å². The van der Waals surface area contributed by atoms with Crippen LogP contribution in [-0.2, 0) is 6.54 Å². The van der Waals surface area contributed by atoms with E-state index in [0.29, 0.717) is 41.2 Å². The number of nitrogens with one attached hydrogen (secondary N) is 1. The minimum absolute atomic E-state index is 0.0582. The van der Waals surface area contributed by atoms with Crippen LogP contribution in [0, 0.1) is 11.6 Å². The van der Waals surface area contributed by atoms with E-state index in [4.69, 9.17) is 15.2 Å². The summed E-state index contributed by atoms with van der Waals surface area (Å²) in [5.74, 6) is -1.57. The molecule has 4 rings (SSSR count). The first kappa shape index (κ1) is 27.1. The number of anilines is 1. The van der Waals surface area contributed by atoms with Gasteiger partial charge in [0.15, 0.2) is 11.5 Å². The van der Waals surface area contributed by atoms with Crippen molar-refractivity contribution in [2.45, 2.75) is 44.3 Å². The van der Waals surface area contributed by atoms with Gasteiger partial charge in [-0.3, -0.25) is 9.59 Å². The van der Waals surface area contributed by atoms with Gasteiger partial charge in [-0.15, -0.1) is 0 Å². The van der Waals surface area contributed by atoms with Crippen molar-refractivity contribution in [3.8, 4) is 11.5 Å². The lowest BCUT2D eigenvalue weighted by atomic mass is 9.90. The van der Waals surface area contributed by atoms with Crippen LogP contribution >= 0.6 is 0 Å². The molecule has 0 spiro atoms. The molecular formula is C29H31F2N3O4. The molecule has 1 saturated carbocycles. The number of amides is 2. The molecule has 0 aromatic heterocycles. The van der Waals surface area contributed by atoms with Crippen LogP contribution in [0.5, 0.6) is 11.5 Å². The molecule has 3 aromatic rings. The third-order valence-electron chi connectivity index (χ3n) is 6.80. The van der Waals surface area contributed by atoms with Crippen molar-refractivity contribution in [1.82, 2.24) is 4.90 Å². The molecule has 9 heteroatoms. The van der Waals surface area contributed by atoms with Gasteiger partial charge in [0, 0.05) is 41.5 Å². The topological polar surface area (TPSA) is 93.9 Å². The van der Waals surface area contributed by atoms with Gasteiger partial charge in [0.05, 0.1) is 14.2 Å². The summed E-state index contributed by atoms with van der Waals surface area (Å²) in [6.45, 7) is 0.138. The Morgan fingerprint density at radius 3 is 2.21 bits per heavy atom. The molecule has 1 fully saturated rings. The Morgan fingerprint density at radius 1 is 0.895 bits per heavy atom. The Bertz CT molecular complexity index is 1290. The lowest BCUT2D eigenvalue weighted by molar-refractivity contribution is 0.0606. The molecule has 0 heterocycles. The summed E-state index contributed by atoms with van der Waals surface area (Å²) in [7, 11) is 3.00. The van der Waals surface area contributed by atoms with E-state index in [0.717, 1.165) is 31.0 Å². The Kier molecular flexibility index (Phi) is 8.58. The van der Waals surface area contributed by atoms with Gasteiger partial charge in [-0.25, -0.2) is 8.78 Å². The number of halogens is 2. The maximum absolute atomic E-state index is 14.0. The fourth-order valence-electron chi connectivity index (χ4n) is 4.76. The molecular weight excluding hydrogens is 492 g/mol. The number of ether oxygens (including phenoxy) is 2. The minimum atomic E-state index is -0.818. The van der Waals surface area contributed by atoms with Gasteiger partial charge in [0.2, 0.25) is 0 Å². The van der Waals surface area contributed by atoms with Gasteiger partial charge in [-0.1, -0.05) is 18.2 Å². The minimum Gasteiger partial charge on any atom is -0.493 e. The molecule has 38 heavy (non-hydrogen) atoms. The van der Waals surface area contributed by atoms with E-state index in [1.165, 1.54) is 14.2 Å². The number of hydrogen-bond acceptors (Lipinski definition) is 5. The zero-order valence-electron chi connectivity index (χ0n) is 21.4. The fourth-order valence-corrected chi connectivity index (χ4v) is 4.76. The van der Waals surface area contributed by atoms with E-state index in [-0.39, 0.29) is 30.1 Å². The van der Waals surface area contributed by atoms with E-state index in [1.54, 1.807) is 35.2 Å². The van der Waals surface area contributed by atoms with Crippen LogP contribution in [0.3, 0.4) is 0 Å². The number of hydrogen-bond donors (Lipinski definition) is 2. The molecule has 0 unspecified atom stereocenters. The van der Waals surface area contributed by atoms with Crippen molar-refractivity contribution < 1.29 is 27.8 Å². The van der Waals surface area contributed by atoms with Crippen LogP contribution in [0.15, 0.2) is 60.7 Å². The highest BCUT2D eigenvalue weighted by Gasteiger charge is 2.30. The van der Waals surface area contributed by atoms with E-state index in [2.05, 4.69) is 5.32 Å². The van der Waals surface area contributed by atoms with Gasteiger partial charge in [-0.2, -0.15) is 0 Å². The first-order valence-corrected chi connectivity index (χ1v) is 12.4. The molecule has 3 aromatic carbocycles. The Hall–Kier alpha value is -3.98. The number of nitrogens with two attached hydrogens (primary N) is 1. The highest BCUT2D eigenvalue weighted by molar-refractivity contribution is 6.05. The number of methoxy groups -OCH3 is 2. The number of rotatable bonds is 8. The monoisotopic (exact) mass is 523 g/mol. The normalized spacial score (nSPS) is 17.0. The first-order chi connectivity index (χ1) is 18.3. The van der Waals surface area contributed by atoms with Crippen molar-refractivity contribution in [3.05, 3.63) is 89.0 Å². The predicted octanol–water partition coefficient (Wildman–Crippen LogP) is 5.15. The SMILES string of the molecule is COc1ccc(C(=O)Nc2ccccc2CN(C(=O)c2cc(F)cc(F)c2)C2CCC(N)CC2)cc1OC. The average molecular weight is 524 g/mol. The van der Waals surface area contributed by atoms with Crippen molar-refractivity contribution in [3.63, 3.8) is 0 Å². The van der Waals surface area contributed by atoms with Crippen LogP contribution in [0.2, 0.25) is 0 Å². The molecule has 1 aliphatic rings. The molecule has 0 aliphatic heterocycles. The number of benzene rings is 3. The third kappa shape index (κ3) is 6.28. The summed E-state index contributed by atoms with van der Waals surface area (Å²) in [4.78, 5) is 28.3. The number of para-hydroxylation sites is 1. The fraction of sp³-hybridized carbons (Fsp3) is 0.310. The largest absolute Gasteiger partial charge is 0.493 e. The van der Waals surface area contributed by atoms with Crippen LogP contribution in [0.25, 0.3) is 0 Å². The maximum Gasteiger partial charge on any atom is 0.255 e. The molecule has 200 valence electrons. The van der Waals surface area contributed by atoms with Crippen LogP contribution in [0.1, 0.15) is 52.0 Å². The highest BCUT2D eigenvalue weighted by Crippen LogP contribution is 2.30. The summed E-state index contributed by atoms with van der Waals surface area (Å²) in [6.07, 6.45) is 2.82. The van der Waals surface area contributed by atoms with E-state index in [9.17, 15) is 18.4 Å². The van der Waals surface area contributed by atoms with Gasteiger partial charge < -0.3 is 25.4 Å². The van der Waals surface area contributed by atoms with Gasteiger partial charge in [-0.05, 0) is 67.6 Å². The van der Waals surface area contributed by atoms with Gasteiger partial charge >= 0.3 is 0 Å². The Labute approximate surface area is 220 Å². The summed E-state index contributed by atoms with van der Waals surface area (Å²) in [6, 6.07) is 14.7. The number of carbonyl (C=O) groups is 2. The van der Waals surface area contributed by atoms with Crippen LogP contribution in [-0.4, -0.2) is 43.0 Å². The van der Waals surface area contributed by atoms with E-state index in [1.807, 2.05) is 12.1 Å². The summed E-state index contributed by atoms with van der Waals surface area (Å²) >= 11 is 0. The highest BCUT2D eigenvalue weighted by atomic mass is 19.1. The molecule has 0 atom stereocenters. The molecule has 0 radical (unpaired) electrons. The van der Waals surface area contributed by atoms with E-state index >= 15 is 0 Å². The van der Waals surface area contributed by atoms with Crippen molar-refractivity contribution >= 4 is 17.5 Å². The maximum atomic E-state index is 14.0.